The van der Waals surface area contributed by atoms with Crippen molar-refractivity contribution in [1.29, 1.82) is 0 Å². The molecule has 0 spiro atoms. The number of nitrogens with zero attached hydrogens (tertiary/aromatic N) is 2. The van der Waals surface area contributed by atoms with Crippen LogP contribution in [0.1, 0.15) is 24.9 Å². The Morgan fingerprint density at radius 3 is 3.00 bits per heavy atom. The molecule has 86 valence electrons. The third-order valence-electron chi connectivity index (χ3n) is 2.42. The zero-order chi connectivity index (χ0) is 11.1. The van der Waals surface area contributed by atoms with Crippen molar-refractivity contribution in [2.75, 3.05) is 20.3 Å². The molecule has 0 atom stereocenters. The monoisotopic (exact) mass is 211 g/mol. The molecule has 0 amide bonds. The predicted octanol–water partition coefficient (Wildman–Crippen LogP) is 1.34. The molecule has 0 unspecified atom stereocenters. The number of methoxy groups -OCH3 is 1. The van der Waals surface area contributed by atoms with E-state index in [1.807, 2.05) is 13.1 Å². The molecule has 1 aromatic heterocycles. The lowest BCUT2D eigenvalue weighted by atomic mass is 10.4. The summed E-state index contributed by atoms with van der Waals surface area (Å²) in [7, 11) is 1.74. The fourth-order valence-corrected chi connectivity index (χ4v) is 1.58. The van der Waals surface area contributed by atoms with Crippen LogP contribution in [0.3, 0.4) is 0 Å². The molecule has 0 saturated carbocycles. The molecule has 0 fully saturated rings. The predicted molar refractivity (Wildman–Crippen MR) is 60.8 cm³/mol. The van der Waals surface area contributed by atoms with Gasteiger partial charge in [0.05, 0.1) is 5.69 Å². The summed E-state index contributed by atoms with van der Waals surface area (Å²) in [5.41, 5.74) is 1.26. The lowest BCUT2D eigenvalue weighted by Gasteiger charge is -2.10. The van der Waals surface area contributed by atoms with Gasteiger partial charge in [-0.15, -0.1) is 0 Å². The van der Waals surface area contributed by atoms with Gasteiger partial charge in [-0.3, -0.25) is 0 Å². The maximum absolute atomic E-state index is 5.05. The van der Waals surface area contributed by atoms with Crippen LogP contribution in [-0.4, -0.2) is 29.8 Å². The number of aromatic nitrogens is 2. The van der Waals surface area contributed by atoms with Crippen molar-refractivity contribution < 1.29 is 4.74 Å². The Kier molecular flexibility index (Phi) is 5.36. The van der Waals surface area contributed by atoms with Crippen LogP contribution in [0.4, 0.5) is 0 Å². The van der Waals surface area contributed by atoms with E-state index in [2.05, 4.69) is 21.8 Å². The van der Waals surface area contributed by atoms with Crippen LogP contribution in [-0.2, 0) is 17.8 Å². The van der Waals surface area contributed by atoms with E-state index < -0.39 is 0 Å². The number of hydrogen-bond acceptors (Lipinski definition) is 3. The number of aryl methyl sites for hydroxylation is 1. The standard InChI is InChI=1S/C11H21N3O/c1-4-12-8-11-9-13-10(2)14(11)6-5-7-15-3/h9,12H,4-8H2,1-3H3. The molecule has 0 saturated heterocycles. The van der Waals surface area contributed by atoms with Gasteiger partial charge in [0.15, 0.2) is 0 Å². The highest BCUT2D eigenvalue weighted by atomic mass is 16.5. The van der Waals surface area contributed by atoms with Gasteiger partial charge >= 0.3 is 0 Å². The minimum Gasteiger partial charge on any atom is -0.385 e. The summed E-state index contributed by atoms with van der Waals surface area (Å²) in [4.78, 5) is 4.33. The Hall–Kier alpha value is -0.870. The molecule has 1 N–H and O–H groups in total. The number of hydrogen-bond donors (Lipinski definition) is 1. The second-order valence-corrected chi connectivity index (χ2v) is 3.58. The molecule has 1 rings (SSSR count). The number of ether oxygens (including phenoxy) is 1. The van der Waals surface area contributed by atoms with E-state index in [0.29, 0.717) is 0 Å². The van der Waals surface area contributed by atoms with Gasteiger partial charge in [0.2, 0.25) is 0 Å². The van der Waals surface area contributed by atoms with E-state index in [1.54, 1.807) is 7.11 Å². The normalized spacial score (nSPS) is 10.9. The second-order valence-electron chi connectivity index (χ2n) is 3.58. The lowest BCUT2D eigenvalue weighted by Crippen LogP contribution is -2.16. The van der Waals surface area contributed by atoms with Crippen molar-refractivity contribution in [2.45, 2.75) is 33.4 Å². The highest BCUT2D eigenvalue weighted by Crippen LogP contribution is 2.05. The van der Waals surface area contributed by atoms with Gasteiger partial charge in [0, 0.05) is 33.0 Å². The Morgan fingerprint density at radius 2 is 2.33 bits per heavy atom. The molecular formula is C11H21N3O. The summed E-state index contributed by atoms with van der Waals surface area (Å²) < 4.78 is 7.30. The van der Waals surface area contributed by atoms with E-state index in [-0.39, 0.29) is 0 Å². The summed E-state index contributed by atoms with van der Waals surface area (Å²) >= 11 is 0. The van der Waals surface area contributed by atoms with E-state index in [0.717, 1.165) is 38.5 Å². The number of nitrogens with one attached hydrogen (secondary N) is 1. The van der Waals surface area contributed by atoms with Gasteiger partial charge < -0.3 is 14.6 Å². The maximum Gasteiger partial charge on any atom is 0.105 e. The Bertz CT molecular complexity index is 283. The average Bonchev–Trinajstić information content (AvgIpc) is 2.58. The molecular weight excluding hydrogens is 190 g/mol. The zero-order valence-electron chi connectivity index (χ0n) is 9.92. The van der Waals surface area contributed by atoms with Gasteiger partial charge in [0.25, 0.3) is 0 Å². The van der Waals surface area contributed by atoms with Gasteiger partial charge in [-0.25, -0.2) is 4.98 Å². The largest absolute Gasteiger partial charge is 0.385 e. The first kappa shape index (κ1) is 12.2. The van der Waals surface area contributed by atoms with Gasteiger partial charge in [-0.2, -0.15) is 0 Å². The van der Waals surface area contributed by atoms with Crippen LogP contribution in [0.2, 0.25) is 0 Å². The fourth-order valence-electron chi connectivity index (χ4n) is 1.58. The minimum absolute atomic E-state index is 0.804. The minimum atomic E-state index is 0.804. The van der Waals surface area contributed by atoms with Gasteiger partial charge in [-0.05, 0) is 19.9 Å². The highest BCUT2D eigenvalue weighted by molar-refractivity contribution is 5.04. The number of imidazole rings is 1. The van der Waals surface area contributed by atoms with Crippen LogP contribution >= 0.6 is 0 Å². The van der Waals surface area contributed by atoms with Gasteiger partial charge in [-0.1, -0.05) is 6.92 Å². The van der Waals surface area contributed by atoms with Gasteiger partial charge in [0.1, 0.15) is 5.82 Å². The van der Waals surface area contributed by atoms with E-state index in [1.165, 1.54) is 5.69 Å². The Labute approximate surface area is 91.7 Å². The third kappa shape index (κ3) is 3.64. The van der Waals surface area contributed by atoms with Crippen molar-refractivity contribution in [3.05, 3.63) is 17.7 Å². The maximum atomic E-state index is 5.05. The number of rotatable bonds is 7. The van der Waals surface area contributed by atoms with Crippen molar-refractivity contribution in [1.82, 2.24) is 14.9 Å². The first-order chi connectivity index (χ1) is 7.29. The summed E-state index contributed by atoms with van der Waals surface area (Å²) in [6.07, 6.45) is 2.98. The van der Waals surface area contributed by atoms with Crippen molar-refractivity contribution in [3.8, 4) is 0 Å². The van der Waals surface area contributed by atoms with E-state index in [9.17, 15) is 0 Å². The SMILES string of the molecule is CCNCc1cnc(C)n1CCCOC. The Morgan fingerprint density at radius 1 is 1.53 bits per heavy atom. The molecule has 4 heteroatoms. The van der Waals surface area contributed by atoms with Crippen molar-refractivity contribution >= 4 is 0 Å². The molecule has 0 radical (unpaired) electrons. The topological polar surface area (TPSA) is 39.1 Å². The summed E-state index contributed by atoms with van der Waals surface area (Å²) in [5.74, 6) is 1.08. The fraction of sp³-hybridized carbons (Fsp3) is 0.727. The first-order valence-electron chi connectivity index (χ1n) is 5.50. The van der Waals surface area contributed by atoms with Crippen LogP contribution < -0.4 is 5.32 Å². The molecule has 4 nitrogen and oxygen atoms in total. The Balaban J connectivity index is 2.54. The van der Waals surface area contributed by atoms with Crippen molar-refractivity contribution in [3.63, 3.8) is 0 Å². The zero-order valence-corrected chi connectivity index (χ0v) is 9.92. The van der Waals surface area contributed by atoms with Crippen LogP contribution in [0.25, 0.3) is 0 Å². The molecule has 1 aromatic rings. The first-order valence-corrected chi connectivity index (χ1v) is 5.50. The molecule has 15 heavy (non-hydrogen) atoms. The van der Waals surface area contributed by atoms with Crippen LogP contribution in [0.15, 0.2) is 6.20 Å². The third-order valence-corrected chi connectivity index (χ3v) is 2.42. The lowest BCUT2D eigenvalue weighted by molar-refractivity contribution is 0.189. The summed E-state index contributed by atoms with van der Waals surface area (Å²) in [6.45, 7) is 7.83. The molecule has 0 aliphatic heterocycles. The molecule has 1 heterocycles. The second kappa shape index (κ2) is 6.58. The summed E-state index contributed by atoms with van der Waals surface area (Å²) in [6, 6.07) is 0. The molecule has 0 bridgehead atoms. The summed E-state index contributed by atoms with van der Waals surface area (Å²) in [5, 5.41) is 3.32. The molecule has 0 aliphatic carbocycles. The average molecular weight is 211 g/mol. The van der Waals surface area contributed by atoms with E-state index >= 15 is 0 Å². The van der Waals surface area contributed by atoms with Crippen LogP contribution in [0.5, 0.6) is 0 Å². The van der Waals surface area contributed by atoms with Crippen LogP contribution in [0, 0.1) is 6.92 Å². The quantitative estimate of drug-likeness (QED) is 0.692. The molecule has 0 aliphatic rings. The van der Waals surface area contributed by atoms with Crippen molar-refractivity contribution in [2.24, 2.45) is 0 Å². The highest BCUT2D eigenvalue weighted by Gasteiger charge is 2.05. The smallest absolute Gasteiger partial charge is 0.105 e. The van der Waals surface area contributed by atoms with E-state index in [4.69, 9.17) is 4.74 Å². The molecule has 0 aromatic carbocycles.